The average Bonchev–Trinajstić information content (AvgIpc) is 2.13. The highest BCUT2D eigenvalue weighted by atomic mass is 35.5. The van der Waals surface area contributed by atoms with Gasteiger partial charge in [0.25, 0.3) is 8.41 Å². The van der Waals surface area contributed by atoms with Crippen molar-refractivity contribution in [3.8, 4) is 0 Å². The van der Waals surface area contributed by atoms with Crippen LogP contribution in [0.2, 0.25) is 31.2 Å². The molecule has 6 heteroatoms. The van der Waals surface area contributed by atoms with Gasteiger partial charge in [0, 0.05) is 5.02 Å². The minimum Gasteiger partial charge on any atom is -0.384 e. The van der Waals surface area contributed by atoms with E-state index >= 15 is 0 Å². The van der Waals surface area contributed by atoms with Crippen LogP contribution < -0.4 is 0 Å². The molecule has 1 aromatic rings. The van der Waals surface area contributed by atoms with Crippen molar-refractivity contribution in [3.05, 3.63) is 34.9 Å². The number of hydrogen-bond donors (Lipinski definition) is 0. The first-order chi connectivity index (χ1) is 7.59. The van der Waals surface area contributed by atoms with Crippen molar-refractivity contribution in [2.24, 2.45) is 0 Å². The normalized spacial score (nSPS) is 14.8. The molecule has 0 saturated heterocycles. The predicted molar refractivity (Wildman–Crippen MR) is 72.5 cm³/mol. The molecule has 17 heavy (non-hydrogen) atoms. The van der Waals surface area contributed by atoms with Crippen LogP contribution >= 0.6 is 11.6 Å². The molecule has 0 N–H and O–H groups in total. The monoisotopic (exact) mass is 294 g/mol. The minimum absolute atomic E-state index is 0.572. The Bertz CT molecular complexity index is 371. The SMILES string of the molecule is C[Si](C)(F)OC(c1ccc(Cl)cc1)[Si](C)(C)F. The second-order valence-electron chi connectivity index (χ2n) is 4.98. The summed E-state index contributed by atoms with van der Waals surface area (Å²) in [6.07, 6.45) is 0. The van der Waals surface area contributed by atoms with Crippen molar-refractivity contribution >= 4 is 28.7 Å². The maximum absolute atomic E-state index is 14.2. The third-order valence-electron chi connectivity index (χ3n) is 2.19. The Hall–Kier alpha value is -0.236. The molecule has 0 aliphatic rings. The molecule has 0 heterocycles. The topological polar surface area (TPSA) is 9.23 Å². The lowest BCUT2D eigenvalue weighted by Gasteiger charge is -2.29. The first kappa shape index (κ1) is 14.8. The quantitative estimate of drug-likeness (QED) is 0.573. The van der Waals surface area contributed by atoms with Gasteiger partial charge in [0.2, 0.25) is 0 Å². The molecule has 0 radical (unpaired) electrons. The van der Waals surface area contributed by atoms with Crippen LogP contribution in [0.25, 0.3) is 0 Å². The third kappa shape index (κ3) is 4.87. The number of rotatable bonds is 4. The molecule has 1 unspecified atom stereocenters. The Morgan fingerprint density at radius 1 is 1.06 bits per heavy atom. The molecule has 0 fully saturated rings. The maximum Gasteiger partial charge on any atom is 0.377 e. The fourth-order valence-corrected chi connectivity index (χ4v) is 5.29. The smallest absolute Gasteiger partial charge is 0.377 e. The average molecular weight is 295 g/mol. The lowest BCUT2D eigenvalue weighted by Crippen LogP contribution is -2.38. The standard InChI is InChI=1S/C11H17ClF2OSi2/c1-16(2,13)11(15-17(3,4)14)9-5-7-10(12)8-6-9/h5-8,11H,1-4H3. The van der Waals surface area contributed by atoms with Crippen LogP contribution in [0.15, 0.2) is 24.3 Å². The van der Waals surface area contributed by atoms with Gasteiger partial charge in [-0.25, -0.2) is 0 Å². The summed E-state index contributed by atoms with van der Waals surface area (Å²) in [5.74, 6) is 0. The summed E-state index contributed by atoms with van der Waals surface area (Å²) < 4.78 is 33.2. The molecule has 0 amide bonds. The molecule has 0 aliphatic carbocycles. The molecule has 0 saturated carbocycles. The van der Waals surface area contributed by atoms with Crippen LogP contribution in [0.3, 0.4) is 0 Å². The van der Waals surface area contributed by atoms with Crippen molar-refractivity contribution in [1.82, 2.24) is 0 Å². The largest absolute Gasteiger partial charge is 0.384 e. The summed E-state index contributed by atoms with van der Waals surface area (Å²) >= 11 is 5.78. The Kier molecular flexibility index (Phi) is 4.51. The lowest BCUT2D eigenvalue weighted by molar-refractivity contribution is 0.226. The first-order valence-corrected chi connectivity index (χ1v) is 11.5. The van der Waals surface area contributed by atoms with Crippen LogP contribution in [0.1, 0.15) is 11.3 Å². The van der Waals surface area contributed by atoms with Gasteiger partial charge in [-0.3, -0.25) is 4.11 Å². The highest BCUT2D eigenvalue weighted by Crippen LogP contribution is 2.33. The Morgan fingerprint density at radius 2 is 1.53 bits per heavy atom. The Labute approximate surface area is 108 Å². The zero-order valence-electron chi connectivity index (χ0n) is 10.4. The zero-order valence-corrected chi connectivity index (χ0v) is 13.2. The van der Waals surface area contributed by atoms with Crippen LogP contribution in [-0.4, -0.2) is 17.1 Å². The van der Waals surface area contributed by atoms with Gasteiger partial charge in [0.15, 0.2) is 0 Å². The molecule has 1 rings (SSSR count). The molecular formula is C11H17ClF2OSi2. The highest BCUT2D eigenvalue weighted by Gasteiger charge is 2.40. The van der Waals surface area contributed by atoms with E-state index in [9.17, 15) is 8.22 Å². The second kappa shape index (κ2) is 5.18. The molecule has 96 valence electrons. The van der Waals surface area contributed by atoms with E-state index in [0.29, 0.717) is 10.6 Å². The molecule has 0 bridgehead atoms. The summed E-state index contributed by atoms with van der Waals surface area (Å²) in [7, 11) is -6.39. The van der Waals surface area contributed by atoms with Gasteiger partial charge in [-0.05, 0) is 43.9 Å². The van der Waals surface area contributed by atoms with E-state index < -0.39 is 22.8 Å². The minimum atomic E-state index is -3.26. The predicted octanol–water partition coefficient (Wildman–Crippen LogP) is 4.78. The third-order valence-corrected chi connectivity index (χ3v) is 5.18. The number of benzene rings is 1. The molecule has 0 spiro atoms. The van der Waals surface area contributed by atoms with Crippen molar-refractivity contribution in [2.75, 3.05) is 0 Å². The molecule has 1 atom stereocenters. The van der Waals surface area contributed by atoms with Gasteiger partial charge in [0.1, 0.15) is 0 Å². The maximum atomic E-state index is 14.2. The van der Waals surface area contributed by atoms with Gasteiger partial charge in [-0.2, -0.15) is 0 Å². The fourth-order valence-electron chi connectivity index (χ4n) is 1.52. The van der Waals surface area contributed by atoms with Crippen LogP contribution in [0, 0.1) is 0 Å². The van der Waals surface area contributed by atoms with Crippen LogP contribution in [-0.2, 0) is 4.43 Å². The lowest BCUT2D eigenvalue weighted by atomic mass is 10.2. The highest BCUT2D eigenvalue weighted by molar-refractivity contribution is 6.73. The Morgan fingerprint density at radius 3 is 1.88 bits per heavy atom. The zero-order chi connectivity index (χ0) is 13.3. The fraction of sp³-hybridized carbons (Fsp3) is 0.455. The van der Waals surface area contributed by atoms with E-state index in [1.54, 1.807) is 24.3 Å². The van der Waals surface area contributed by atoms with Crippen molar-refractivity contribution in [1.29, 1.82) is 0 Å². The summed E-state index contributed by atoms with van der Waals surface area (Å²) in [5.41, 5.74) is -0.113. The summed E-state index contributed by atoms with van der Waals surface area (Å²) in [4.78, 5) is 0. The van der Waals surface area contributed by atoms with E-state index in [4.69, 9.17) is 16.0 Å². The molecular weight excluding hydrogens is 278 g/mol. The molecule has 1 aromatic carbocycles. The molecule has 1 nitrogen and oxygen atoms in total. The number of hydrogen-bond acceptors (Lipinski definition) is 1. The van der Waals surface area contributed by atoms with Crippen LogP contribution in [0.4, 0.5) is 8.22 Å². The van der Waals surface area contributed by atoms with Crippen molar-refractivity contribution < 1.29 is 12.6 Å². The van der Waals surface area contributed by atoms with Gasteiger partial charge >= 0.3 is 8.65 Å². The molecule has 0 aromatic heterocycles. The van der Waals surface area contributed by atoms with Crippen LogP contribution in [0.5, 0.6) is 0 Å². The molecule has 0 aliphatic heterocycles. The summed E-state index contributed by atoms with van der Waals surface area (Å²) in [6.45, 7) is 5.87. The van der Waals surface area contributed by atoms with E-state index in [0.717, 1.165) is 0 Å². The second-order valence-corrected chi connectivity index (χ2v) is 12.0. The van der Waals surface area contributed by atoms with Gasteiger partial charge < -0.3 is 8.53 Å². The number of halogens is 3. The van der Waals surface area contributed by atoms with E-state index in [-0.39, 0.29) is 0 Å². The van der Waals surface area contributed by atoms with E-state index in [1.807, 2.05) is 0 Å². The Balaban J connectivity index is 3.03. The van der Waals surface area contributed by atoms with Crippen molar-refractivity contribution in [2.45, 2.75) is 31.9 Å². The van der Waals surface area contributed by atoms with Gasteiger partial charge in [-0.1, -0.05) is 23.7 Å². The van der Waals surface area contributed by atoms with Crippen molar-refractivity contribution in [3.63, 3.8) is 0 Å². The van der Waals surface area contributed by atoms with E-state index in [1.165, 1.54) is 26.2 Å². The first-order valence-electron chi connectivity index (χ1n) is 5.41. The summed E-state index contributed by atoms with van der Waals surface area (Å²) in [6, 6.07) is 6.73. The van der Waals surface area contributed by atoms with Gasteiger partial charge in [-0.15, -0.1) is 0 Å². The van der Waals surface area contributed by atoms with Gasteiger partial charge in [0.05, 0.1) is 5.73 Å². The summed E-state index contributed by atoms with van der Waals surface area (Å²) in [5, 5.41) is 0.572. The van der Waals surface area contributed by atoms with E-state index in [2.05, 4.69) is 0 Å².